The van der Waals surface area contributed by atoms with Gasteiger partial charge in [0.25, 0.3) is 5.19 Å². The van der Waals surface area contributed by atoms with Crippen molar-refractivity contribution in [1.82, 2.24) is 14.2 Å². The molecular weight excluding hydrogens is 470 g/mol. The number of halogens is 1. The topological polar surface area (TPSA) is 72.0 Å². The highest BCUT2D eigenvalue weighted by Crippen LogP contribution is 2.33. The van der Waals surface area contributed by atoms with E-state index in [0.717, 1.165) is 35.4 Å². The van der Waals surface area contributed by atoms with Crippen LogP contribution in [0.15, 0.2) is 42.5 Å². The summed E-state index contributed by atoms with van der Waals surface area (Å²) in [5, 5.41) is 1.22. The van der Waals surface area contributed by atoms with Crippen molar-refractivity contribution in [3.8, 4) is 16.7 Å². The smallest absolute Gasteiger partial charge is 0.279 e. The van der Waals surface area contributed by atoms with Gasteiger partial charge in [0.15, 0.2) is 0 Å². The first-order valence-electron chi connectivity index (χ1n) is 10.5. The Morgan fingerprint density at radius 3 is 2.47 bits per heavy atom. The molecule has 5 rings (SSSR count). The van der Waals surface area contributed by atoms with E-state index < -0.39 is 10.0 Å². The van der Waals surface area contributed by atoms with Crippen molar-refractivity contribution in [2.45, 2.75) is 24.9 Å². The molecule has 2 aromatic carbocycles. The van der Waals surface area contributed by atoms with E-state index in [1.165, 1.54) is 17.6 Å². The first-order valence-corrected chi connectivity index (χ1v) is 13.6. The fourth-order valence-corrected chi connectivity index (χ4v) is 6.35. The highest BCUT2D eigenvalue weighted by molar-refractivity contribution is 7.88. The molecule has 0 aliphatic carbocycles. The van der Waals surface area contributed by atoms with Crippen LogP contribution in [0, 0.1) is 0 Å². The number of piperazine rings is 1. The molecule has 170 valence electrons. The van der Waals surface area contributed by atoms with Crippen molar-refractivity contribution >= 4 is 43.2 Å². The standard InChI is InChI=1S/C22H24ClN3O4S2/c1-32(27,28)25-13-16-3-4-17(14-25)26(16)10-11-29-18-5-7-19(8-6-18)30-22-24-20-12-15(23)2-9-21(20)31-22/h2,5-9,12,16-17H,3-4,10-11,13-14H2,1H3/t16-,17+. The Morgan fingerprint density at radius 2 is 1.78 bits per heavy atom. The highest BCUT2D eigenvalue weighted by Gasteiger charge is 2.42. The zero-order valence-corrected chi connectivity index (χ0v) is 20.0. The van der Waals surface area contributed by atoms with Crippen LogP contribution in [0.3, 0.4) is 0 Å². The Bertz CT molecular complexity index is 1200. The lowest BCUT2D eigenvalue weighted by Crippen LogP contribution is -2.55. The molecule has 2 bridgehead atoms. The number of aromatic nitrogens is 1. The van der Waals surface area contributed by atoms with Crippen LogP contribution in [0.1, 0.15) is 12.8 Å². The predicted molar refractivity (Wildman–Crippen MR) is 127 cm³/mol. The van der Waals surface area contributed by atoms with Gasteiger partial charge in [0, 0.05) is 36.7 Å². The lowest BCUT2D eigenvalue weighted by Gasteiger charge is -2.39. The molecule has 3 aromatic rings. The van der Waals surface area contributed by atoms with Crippen LogP contribution in [0.25, 0.3) is 10.2 Å². The molecule has 0 spiro atoms. The van der Waals surface area contributed by atoms with Crippen molar-refractivity contribution in [3.05, 3.63) is 47.5 Å². The minimum absolute atomic E-state index is 0.284. The molecule has 0 amide bonds. The van der Waals surface area contributed by atoms with Crippen molar-refractivity contribution in [2.75, 3.05) is 32.5 Å². The van der Waals surface area contributed by atoms with Gasteiger partial charge < -0.3 is 9.47 Å². The van der Waals surface area contributed by atoms with Crippen LogP contribution in [0.2, 0.25) is 5.02 Å². The van der Waals surface area contributed by atoms with Crippen LogP contribution >= 0.6 is 22.9 Å². The second-order valence-corrected chi connectivity index (χ2v) is 11.6. The van der Waals surface area contributed by atoms with E-state index >= 15 is 0 Å². The molecular formula is C22H24ClN3O4S2. The van der Waals surface area contributed by atoms with Crippen molar-refractivity contribution in [1.29, 1.82) is 0 Å². The number of thiazole rings is 1. The number of sulfonamides is 1. The third kappa shape index (κ3) is 4.72. The van der Waals surface area contributed by atoms with E-state index in [1.54, 1.807) is 4.31 Å². The monoisotopic (exact) mass is 493 g/mol. The molecule has 2 atom stereocenters. The van der Waals surface area contributed by atoms with Gasteiger partial charge in [0.1, 0.15) is 18.1 Å². The van der Waals surface area contributed by atoms with Gasteiger partial charge in [-0.25, -0.2) is 13.4 Å². The number of nitrogens with zero attached hydrogens (tertiary/aromatic N) is 3. The normalized spacial score (nSPS) is 21.8. The fourth-order valence-electron chi connectivity index (χ4n) is 4.48. The number of fused-ring (bicyclic) bond motifs is 3. The lowest BCUT2D eigenvalue weighted by atomic mass is 10.2. The Balaban J connectivity index is 1.14. The summed E-state index contributed by atoms with van der Waals surface area (Å²) in [5.74, 6) is 1.47. The van der Waals surface area contributed by atoms with Gasteiger partial charge >= 0.3 is 0 Å². The maximum atomic E-state index is 11.9. The summed E-state index contributed by atoms with van der Waals surface area (Å²) >= 11 is 7.49. The number of hydrogen-bond donors (Lipinski definition) is 0. The van der Waals surface area contributed by atoms with Crippen LogP contribution < -0.4 is 9.47 Å². The summed E-state index contributed by atoms with van der Waals surface area (Å²) in [5.41, 5.74) is 0.823. The molecule has 1 aromatic heterocycles. The Labute approximate surface area is 196 Å². The average Bonchev–Trinajstić information content (AvgIpc) is 3.23. The summed E-state index contributed by atoms with van der Waals surface area (Å²) < 4.78 is 38.2. The molecule has 0 N–H and O–H groups in total. The molecule has 10 heteroatoms. The van der Waals surface area contributed by atoms with E-state index in [4.69, 9.17) is 21.1 Å². The van der Waals surface area contributed by atoms with E-state index in [9.17, 15) is 8.42 Å². The molecule has 7 nitrogen and oxygen atoms in total. The zero-order chi connectivity index (χ0) is 22.3. The second-order valence-electron chi connectivity index (χ2n) is 8.22. The van der Waals surface area contributed by atoms with Gasteiger partial charge in [-0.3, -0.25) is 4.90 Å². The van der Waals surface area contributed by atoms with Gasteiger partial charge in [-0.1, -0.05) is 22.9 Å². The number of benzene rings is 2. The van der Waals surface area contributed by atoms with Gasteiger partial charge in [0.05, 0.1) is 16.5 Å². The van der Waals surface area contributed by atoms with Gasteiger partial charge in [-0.05, 0) is 55.3 Å². The number of ether oxygens (including phenoxy) is 2. The SMILES string of the molecule is CS(=O)(=O)N1C[C@H]2CC[C@@H](C1)N2CCOc1ccc(Oc2nc3cc(Cl)ccc3s2)cc1. The molecule has 2 aliphatic heterocycles. The van der Waals surface area contributed by atoms with Crippen molar-refractivity contribution < 1.29 is 17.9 Å². The number of rotatable bonds is 7. The van der Waals surface area contributed by atoms with Crippen LogP contribution in [0.4, 0.5) is 0 Å². The van der Waals surface area contributed by atoms with Crippen LogP contribution in [-0.2, 0) is 10.0 Å². The molecule has 2 saturated heterocycles. The molecule has 0 saturated carbocycles. The molecule has 0 unspecified atom stereocenters. The van der Waals surface area contributed by atoms with Crippen molar-refractivity contribution in [2.24, 2.45) is 0 Å². The second kappa shape index (κ2) is 8.79. The Hall–Kier alpha value is -1.91. The average molecular weight is 494 g/mol. The molecule has 2 aliphatic rings. The minimum Gasteiger partial charge on any atom is -0.492 e. The quantitative estimate of drug-likeness (QED) is 0.490. The molecule has 32 heavy (non-hydrogen) atoms. The van der Waals surface area contributed by atoms with E-state index in [1.807, 2.05) is 42.5 Å². The molecule has 0 radical (unpaired) electrons. The van der Waals surface area contributed by atoms with Gasteiger partial charge in [-0.15, -0.1) is 0 Å². The van der Waals surface area contributed by atoms with Crippen LogP contribution in [0.5, 0.6) is 16.7 Å². The Morgan fingerprint density at radius 1 is 1.09 bits per heavy atom. The van der Waals surface area contributed by atoms with Gasteiger partial charge in [-0.2, -0.15) is 4.31 Å². The highest BCUT2D eigenvalue weighted by atomic mass is 35.5. The van der Waals surface area contributed by atoms with E-state index in [-0.39, 0.29) is 12.1 Å². The number of hydrogen-bond acceptors (Lipinski definition) is 7. The predicted octanol–water partition coefficient (Wildman–Crippen LogP) is 4.23. The third-order valence-electron chi connectivity index (χ3n) is 6.05. The largest absolute Gasteiger partial charge is 0.492 e. The summed E-state index contributed by atoms with van der Waals surface area (Å²) in [4.78, 5) is 6.87. The summed E-state index contributed by atoms with van der Waals surface area (Å²) in [6, 6.07) is 13.7. The first-order chi connectivity index (χ1) is 15.3. The summed E-state index contributed by atoms with van der Waals surface area (Å²) in [6.07, 6.45) is 3.38. The molecule has 3 heterocycles. The third-order valence-corrected chi connectivity index (χ3v) is 8.43. The summed E-state index contributed by atoms with van der Waals surface area (Å²) in [6.45, 7) is 2.52. The van der Waals surface area contributed by atoms with Crippen LogP contribution in [-0.4, -0.2) is 67.2 Å². The maximum Gasteiger partial charge on any atom is 0.279 e. The van der Waals surface area contributed by atoms with Crippen molar-refractivity contribution in [3.63, 3.8) is 0 Å². The fraction of sp³-hybridized carbons (Fsp3) is 0.409. The van der Waals surface area contributed by atoms with E-state index in [0.29, 0.717) is 35.7 Å². The van der Waals surface area contributed by atoms with E-state index in [2.05, 4.69) is 9.88 Å². The lowest BCUT2D eigenvalue weighted by molar-refractivity contribution is 0.0930. The minimum atomic E-state index is -3.12. The maximum absolute atomic E-state index is 11.9. The first kappa shape index (κ1) is 21.9. The Kier molecular flexibility index (Phi) is 6.02. The zero-order valence-electron chi connectivity index (χ0n) is 17.6. The molecule has 2 fully saturated rings. The van der Waals surface area contributed by atoms with Gasteiger partial charge in [0.2, 0.25) is 10.0 Å². The summed E-state index contributed by atoms with van der Waals surface area (Å²) in [7, 11) is -3.12.